The minimum Gasteiger partial charge on any atom is -0.321 e. The zero-order valence-electron chi connectivity index (χ0n) is 10.6. The van der Waals surface area contributed by atoms with Crippen LogP contribution in [0.5, 0.6) is 0 Å². The van der Waals surface area contributed by atoms with Crippen LogP contribution in [0.15, 0.2) is 45.8 Å². The lowest BCUT2D eigenvalue weighted by molar-refractivity contribution is 0.102. The van der Waals surface area contributed by atoms with Crippen molar-refractivity contribution in [2.24, 2.45) is 7.05 Å². The van der Waals surface area contributed by atoms with Crippen LogP contribution in [0.25, 0.3) is 0 Å². The zero-order chi connectivity index (χ0) is 14.0. The topological polar surface area (TPSA) is 51.1 Å². The lowest BCUT2D eigenvalue weighted by atomic mass is 10.1. The van der Waals surface area contributed by atoms with Gasteiger partial charge >= 0.3 is 0 Å². The Morgan fingerprint density at radius 2 is 2.00 bits per heavy atom. The van der Waals surface area contributed by atoms with Gasteiger partial charge in [0.05, 0.1) is 5.69 Å². The second-order valence-electron chi connectivity index (χ2n) is 4.23. The van der Waals surface area contributed by atoms with Gasteiger partial charge in [-0.1, -0.05) is 22.0 Å². The number of hydrogen-bond donors (Lipinski definition) is 1. The zero-order valence-corrected chi connectivity index (χ0v) is 12.2. The number of nitrogens with zero attached hydrogens (tertiary/aromatic N) is 1. The van der Waals surface area contributed by atoms with Crippen LogP contribution >= 0.6 is 15.9 Å². The first kappa shape index (κ1) is 13.5. The highest BCUT2D eigenvalue weighted by Gasteiger charge is 2.11. The lowest BCUT2D eigenvalue weighted by Crippen LogP contribution is -2.18. The van der Waals surface area contributed by atoms with Gasteiger partial charge < -0.3 is 9.88 Å². The maximum atomic E-state index is 12.2. The minimum absolute atomic E-state index is 0.114. The Morgan fingerprint density at radius 1 is 1.26 bits per heavy atom. The molecule has 1 N–H and O–H groups in total. The van der Waals surface area contributed by atoms with E-state index in [2.05, 4.69) is 21.2 Å². The summed E-state index contributed by atoms with van der Waals surface area (Å²) in [5, 5.41) is 2.77. The van der Waals surface area contributed by atoms with E-state index in [1.165, 1.54) is 10.6 Å². The maximum Gasteiger partial charge on any atom is 0.256 e. The van der Waals surface area contributed by atoms with Crippen molar-refractivity contribution in [2.45, 2.75) is 6.92 Å². The number of pyridine rings is 1. The molecular weight excluding hydrogens is 308 g/mol. The van der Waals surface area contributed by atoms with E-state index in [9.17, 15) is 9.59 Å². The van der Waals surface area contributed by atoms with Crippen molar-refractivity contribution in [3.63, 3.8) is 0 Å². The minimum atomic E-state index is -0.197. The summed E-state index contributed by atoms with van der Waals surface area (Å²) in [6.07, 6.45) is 1.59. The second kappa shape index (κ2) is 5.40. The Bertz CT molecular complexity index is 692. The van der Waals surface area contributed by atoms with Gasteiger partial charge in [0.2, 0.25) is 5.56 Å². The number of aryl methyl sites for hydroxylation is 1. The highest BCUT2D eigenvalue weighted by Crippen LogP contribution is 2.20. The number of hydrogen-bond acceptors (Lipinski definition) is 2. The van der Waals surface area contributed by atoms with Gasteiger partial charge in [0.1, 0.15) is 0 Å². The molecule has 4 nitrogen and oxygen atoms in total. The highest BCUT2D eigenvalue weighted by atomic mass is 79.9. The third-order valence-electron chi connectivity index (χ3n) is 2.86. The van der Waals surface area contributed by atoms with Gasteiger partial charge in [-0.25, -0.2) is 0 Å². The van der Waals surface area contributed by atoms with Crippen molar-refractivity contribution in [1.29, 1.82) is 0 Å². The Hall–Kier alpha value is -1.88. The normalized spacial score (nSPS) is 10.3. The Balaban J connectivity index is 2.28. The first-order valence-corrected chi connectivity index (χ1v) is 6.51. The van der Waals surface area contributed by atoms with Crippen molar-refractivity contribution in [1.82, 2.24) is 4.57 Å². The molecule has 2 aromatic rings. The maximum absolute atomic E-state index is 12.2. The van der Waals surface area contributed by atoms with Gasteiger partial charge in [0.25, 0.3) is 5.91 Å². The molecule has 98 valence electrons. The van der Waals surface area contributed by atoms with E-state index in [1.54, 1.807) is 25.4 Å². The Morgan fingerprint density at radius 3 is 2.68 bits per heavy atom. The van der Waals surface area contributed by atoms with Crippen LogP contribution in [0.4, 0.5) is 5.69 Å². The van der Waals surface area contributed by atoms with Crippen LogP contribution in [-0.2, 0) is 7.05 Å². The molecule has 0 spiro atoms. The smallest absolute Gasteiger partial charge is 0.256 e. The van der Waals surface area contributed by atoms with E-state index in [4.69, 9.17) is 0 Å². The van der Waals surface area contributed by atoms with E-state index >= 15 is 0 Å². The van der Waals surface area contributed by atoms with Gasteiger partial charge in [0.15, 0.2) is 0 Å². The molecule has 0 aliphatic rings. The molecular formula is C14H13BrN2O2. The fourth-order valence-electron chi connectivity index (χ4n) is 1.72. The lowest BCUT2D eigenvalue weighted by Gasteiger charge is -2.09. The molecule has 1 heterocycles. The summed E-state index contributed by atoms with van der Waals surface area (Å²) in [5.41, 5.74) is 1.95. The molecule has 0 saturated heterocycles. The van der Waals surface area contributed by atoms with Crippen LogP contribution in [0.3, 0.4) is 0 Å². The van der Waals surface area contributed by atoms with Crippen molar-refractivity contribution in [2.75, 3.05) is 5.32 Å². The first-order valence-electron chi connectivity index (χ1n) is 5.72. The number of amides is 1. The quantitative estimate of drug-likeness (QED) is 0.925. The number of nitrogens with one attached hydrogen (secondary N) is 1. The van der Waals surface area contributed by atoms with Gasteiger partial charge in [-0.05, 0) is 30.7 Å². The van der Waals surface area contributed by atoms with Crippen molar-refractivity contribution < 1.29 is 4.79 Å². The molecule has 0 bridgehead atoms. The summed E-state index contributed by atoms with van der Waals surface area (Å²) < 4.78 is 2.31. The van der Waals surface area contributed by atoms with E-state index in [-0.39, 0.29) is 11.5 Å². The summed E-state index contributed by atoms with van der Waals surface area (Å²) >= 11 is 3.40. The number of anilines is 1. The van der Waals surface area contributed by atoms with E-state index < -0.39 is 0 Å². The average Bonchev–Trinajstić information content (AvgIpc) is 2.37. The van der Waals surface area contributed by atoms with Crippen LogP contribution in [-0.4, -0.2) is 10.5 Å². The number of benzene rings is 1. The molecule has 0 unspecified atom stereocenters. The fraction of sp³-hybridized carbons (Fsp3) is 0.143. The molecule has 2 rings (SSSR count). The monoisotopic (exact) mass is 320 g/mol. The molecule has 19 heavy (non-hydrogen) atoms. The van der Waals surface area contributed by atoms with Crippen LogP contribution < -0.4 is 10.9 Å². The predicted octanol–water partition coefficient (Wildman–Crippen LogP) is 2.71. The van der Waals surface area contributed by atoms with Gasteiger partial charge in [-0.2, -0.15) is 0 Å². The number of aromatic nitrogens is 1. The first-order chi connectivity index (χ1) is 8.99. The van der Waals surface area contributed by atoms with Gasteiger partial charge in [0, 0.05) is 29.3 Å². The summed E-state index contributed by atoms with van der Waals surface area (Å²) in [6.45, 7) is 1.87. The average molecular weight is 321 g/mol. The number of carbonyl (C=O) groups is 1. The van der Waals surface area contributed by atoms with Gasteiger partial charge in [-0.15, -0.1) is 0 Å². The Labute approximate surface area is 119 Å². The molecule has 0 aliphatic heterocycles. The van der Waals surface area contributed by atoms with Crippen LogP contribution in [0, 0.1) is 6.92 Å². The SMILES string of the molecule is Cc1c(Br)cccc1C(=O)Nc1ccc(=O)n(C)c1. The van der Waals surface area contributed by atoms with E-state index in [0.29, 0.717) is 11.3 Å². The van der Waals surface area contributed by atoms with Crippen LogP contribution in [0.1, 0.15) is 15.9 Å². The van der Waals surface area contributed by atoms with Gasteiger partial charge in [-0.3, -0.25) is 9.59 Å². The summed E-state index contributed by atoms with van der Waals surface area (Å²) in [7, 11) is 1.64. The summed E-state index contributed by atoms with van der Waals surface area (Å²) in [6, 6.07) is 8.47. The number of halogens is 1. The Kier molecular flexibility index (Phi) is 3.85. The molecule has 1 amide bonds. The molecule has 0 atom stereocenters. The largest absolute Gasteiger partial charge is 0.321 e. The molecule has 1 aromatic heterocycles. The molecule has 0 aliphatic carbocycles. The molecule has 0 radical (unpaired) electrons. The highest BCUT2D eigenvalue weighted by molar-refractivity contribution is 9.10. The van der Waals surface area contributed by atoms with E-state index in [0.717, 1.165) is 10.0 Å². The number of rotatable bonds is 2. The molecule has 0 saturated carbocycles. The molecule has 0 fully saturated rings. The van der Waals surface area contributed by atoms with E-state index in [1.807, 2.05) is 19.1 Å². The molecule has 5 heteroatoms. The standard InChI is InChI=1S/C14H13BrN2O2/c1-9-11(4-3-5-12(9)15)14(19)16-10-6-7-13(18)17(2)8-10/h3-8H,1-2H3,(H,16,19). The molecule has 1 aromatic carbocycles. The third-order valence-corrected chi connectivity index (χ3v) is 3.72. The number of carbonyl (C=O) groups excluding carboxylic acids is 1. The van der Waals surface area contributed by atoms with Crippen LogP contribution in [0.2, 0.25) is 0 Å². The van der Waals surface area contributed by atoms with Crippen molar-refractivity contribution >= 4 is 27.5 Å². The summed E-state index contributed by atoms with van der Waals surface area (Å²) in [5.74, 6) is -0.197. The fourth-order valence-corrected chi connectivity index (χ4v) is 2.09. The summed E-state index contributed by atoms with van der Waals surface area (Å²) in [4.78, 5) is 23.4. The van der Waals surface area contributed by atoms with Crippen molar-refractivity contribution in [3.8, 4) is 0 Å². The van der Waals surface area contributed by atoms with Crippen molar-refractivity contribution in [3.05, 3.63) is 62.5 Å². The second-order valence-corrected chi connectivity index (χ2v) is 5.09. The third kappa shape index (κ3) is 2.93. The predicted molar refractivity (Wildman–Crippen MR) is 78.5 cm³/mol.